The molecule has 0 atom stereocenters. The molecular formula is C13H13NO4. The maximum Gasteiger partial charge on any atom is 0.328 e. The summed E-state index contributed by atoms with van der Waals surface area (Å²) in [7, 11) is 3.15. The molecule has 18 heavy (non-hydrogen) atoms. The van der Waals surface area contributed by atoms with Crippen molar-refractivity contribution in [3.8, 4) is 11.5 Å². The molecule has 5 nitrogen and oxygen atoms in total. The van der Waals surface area contributed by atoms with E-state index in [1.165, 1.54) is 6.08 Å². The third-order valence-corrected chi connectivity index (χ3v) is 2.63. The van der Waals surface area contributed by atoms with Gasteiger partial charge >= 0.3 is 5.97 Å². The zero-order valence-electron chi connectivity index (χ0n) is 10.1. The van der Waals surface area contributed by atoms with E-state index >= 15 is 0 Å². The molecule has 0 fully saturated rings. The zero-order valence-corrected chi connectivity index (χ0v) is 10.1. The van der Waals surface area contributed by atoms with E-state index in [1.54, 1.807) is 32.5 Å². The van der Waals surface area contributed by atoms with Crippen molar-refractivity contribution in [2.24, 2.45) is 0 Å². The Bertz CT molecular complexity index is 613. The van der Waals surface area contributed by atoms with E-state index in [0.29, 0.717) is 11.5 Å². The molecule has 1 aromatic carbocycles. The van der Waals surface area contributed by atoms with Crippen molar-refractivity contribution in [2.75, 3.05) is 14.2 Å². The minimum atomic E-state index is -0.994. The van der Waals surface area contributed by atoms with Gasteiger partial charge in [-0.1, -0.05) is 0 Å². The fourth-order valence-electron chi connectivity index (χ4n) is 1.85. The summed E-state index contributed by atoms with van der Waals surface area (Å²) in [5.74, 6) is 0.351. The molecule has 2 rings (SSSR count). The maximum absolute atomic E-state index is 10.6. The van der Waals surface area contributed by atoms with Crippen LogP contribution in [0.3, 0.4) is 0 Å². The van der Waals surface area contributed by atoms with Gasteiger partial charge in [0.15, 0.2) is 0 Å². The number of benzene rings is 1. The highest BCUT2D eigenvalue weighted by atomic mass is 16.5. The first-order valence-electron chi connectivity index (χ1n) is 5.30. The molecule has 2 aromatic rings. The number of hydrogen-bond donors (Lipinski definition) is 2. The molecule has 2 N–H and O–H groups in total. The smallest absolute Gasteiger partial charge is 0.328 e. The van der Waals surface area contributed by atoms with E-state index in [4.69, 9.17) is 14.6 Å². The Kier molecular flexibility index (Phi) is 3.23. The van der Waals surface area contributed by atoms with Gasteiger partial charge in [-0.2, -0.15) is 0 Å². The van der Waals surface area contributed by atoms with Gasteiger partial charge in [-0.05, 0) is 18.2 Å². The summed E-state index contributed by atoms with van der Waals surface area (Å²) in [5.41, 5.74) is 1.52. The monoisotopic (exact) mass is 247 g/mol. The highest BCUT2D eigenvalue weighted by molar-refractivity contribution is 5.99. The molecule has 0 radical (unpaired) electrons. The van der Waals surface area contributed by atoms with Gasteiger partial charge in [-0.25, -0.2) is 4.79 Å². The molecule has 0 saturated carbocycles. The largest absolute Gasteiger partial charge is 0.496 e. The summed E-state index contributed by atoms with van der Waals surface area (Å²) in [6.07, 6.45) is 4.32. The second-order valence-electron chi connectivity index (χ2n) is 3.64. The van der Waals surface area contributed by atoms with Crippen LogP contribution < -0.4 is 9.47 Å². The first-order valence-corrected chi connectivity index (χ1v) is 5.30. The van der Waals surface area contributed by atoms with Gasteiger partial charge in [0.1, 0.15) is 11.5 Å². The summed E-state index contributed by atoms with van der Waals surface area (Å²) in [6.45, 7) is 0. The third-order valence-electron chi connectivity index (χ3n) is 2.63. The number of rotatable bonds is 4. The molecule has 1 aromatic heterocycles. The van der Waals surface area contributed by atoms with E-state index in [9.17, 15) is 4.79 Å². The number of carboxylic acids is 1. The lowest BCUT2D eigenvalue weighted by Gasteiger charge is -2.06. The van der Waals surface area contributed by atoms with Crippen LogP contribution in [0.2, 0.25) is 0 Å². The molecular weight excluding hydrogens is 234 g/mol. The number of carboxylic acid groups (broad SMARTS) is 1. The Morgan fingerprint density at radius 2 is 1.94 bits per heavy atom. The van der Waals surface area contributed by atoms with Crippen LogP contribution in [0.5, 0.6) is 11.5 Å². The molecule has 1 heterocycles. The Morgan fingerprint density at radius 1 is 1.28 bits per heavy atom. The number of carbonyl (C=O) groups is 1. The molecule has 0 amide bonds. The predicted octanol–water partition coefficient (Wildman–Crippen LogP) is 2.28. The lowest BCUT2D eigenvalue weighted by Crippen LogP contribution is -1.89. The molecule has 94 valence electrons. The predicted molar refractivity (Wildman–Crippen MR) is 68.1 cm³/mol. The van der Waals surface area contributed by atoms with Crippen LogP contribution in [0.25, 0.3) is 17.0 Å². The normalized spacial score (nSPS) is 11.0. The number of methoxy groups -OCH3 is 2. The summed E-state index contributed by atoms with van der Waals surface area (Å²) in [6, 6.07) is 3.58. The Labute approximate surface area is 104 Å². The molecule has 0 aliphatic heterocycles. The molecule has 0 bridgehead atoms. The number of aliphatic carboxylic acids is 1. The van der Waals surface area contributed by atoms with E-state index in [0.717, 1.165) is 22.5 Å². The van der Waals surface area contributed by atoms with Crippen LogP contribution in [-0.4, -0.2) is 30.3 Å². The van der Waals surface area contributed by atoms with Gasteiger partial charge in [0, 0.05) is 17.8 Å². The van der Waals surface area contributed by atoms with Crippen molar-refractivity contribution in [3.05, 3.63) is 30.0 Å². The van der Waals surface area contributed by atoms with E-state index in [-0.39, 0.29) is 0 Å². The fraction of sp³-hybridized carbons (Fsp3) is 0.154. The van der Waals surface area contributed by atoms with Gasteiger partial charge in [0.2, 0.25) is 0 Å². The van der Waals surface area contributed by atoms with Gasteiger partial charge in [0.05, 0.1) is 25.1 Å². The summed E-state index contributed by atoms with van der Waals surface area (Å²) < 4.78 is 10.5. The van der Waals surface area contributed by atoms with Crippen LogP contribution in [0.4, 0.5) is 0 Å². The van der Waals surface area contributed by atoms with Gasteiger partial charge in [-0.3, -0.25) is 0 Å². The van der Waals surface area contributed by atoms with Crippen molar-refractivity contribution in [1.29, 1.82) is 0 Å². The van der Waals surface area contributed by atoms with Crippen molar-refractivity contribution in [1.82, 2.24) is 4.98 Å². The standard InChI is InChI=1S/C13H13NO4/c1-17-9-4-5-10(18-2)13-12(9)8(7-14-13)3-6-11(15)16/h3-7,14H,1-2H3,(H,15,16)/b6-3+. The van der Waals surface area contributed by atoms with Crippen molar-refractivity contribution >= 4 is 22.9 Å². The van der Waals surface area contributed by atoms with Crippen molar-refractivity contribution in [3.63, 3.8) is 0 Å². The zero-order chi connectivity index (χ0) is 13.1. The topological polar surface area (TPSA) is 71.6 Å². The average molecular weight is 247 g/mol. The summed E-state index contributed by atoms with van der Waals surface area (Å²) in [5, 5.41) is 9.46. The third kappa shape index (κ3) is 2.02. The Hall–Kier alpha value is -2.43. The van der Waals surface area contributed by atoms with Crippen molar-refractivity contribution < 1.29 is 19.4 Å². The molecule has 5 heteroatoms. The molecule has 0 unspecified atom stereocenters. The van der Waals surface area contributed by atoms with E-state index in [1.807, 2.05) is 0 Å². The highest BCUT2D eigenvalue weighted by Crippen LogP contribution is 2.35. The summed E-state index contributed by atoms with van der Waals surface area (Å²) in [4.78, 5) is 13.6. The first-order chi connectivity index (χ1) is 8.67. The van der Waals surface area contributed by atoms with Gasteiger partial charge < -0.3 is 19.6 Å². The van der Waals surface area contributed by atoms with E-state index < -0.39 is 5.97 Å². The van der Waals surface area contributed by atoms with Gasteiger partial charge in [0.25, 0.3) is 0 Å². The van der Waals surface area contributed by atoms with Crippen LogP contribution in [0.15, 0.2) is 24.4 Å². The van der Waals surface area contributed by atoms with Crippen LogP contribution in [0.1, 0.15) is 5.56 Å². The minimum absolute atomic E-state index is 0.664. The number of ether oxygens (including phenoxy) is 2. The molecule has 0 saturated heterocycles. The van der Waals surface area contributed by atoms with Gasteiger partial charge in [-0.15, -0.1) is 0 Å². The molecule has 0 spiro atoms. The molecule has 0 aliphatic rings. The SMILES string of the molecule is COc1ccc(OC)c2c(/C=C/C(=O)O)c[nH]c12. The first kappa shape index (κ1) is 12.0. The minimum Gasteiger partial charge on any atom is -0.496 e. The number of fused-ring (bicyclic) bond motifs is 1. The van der Waals surface area contributed by atoms with E-state index in [2.05, 4.69) is 4.98 Å². The number of H-pyrrole nitrogens is 1. The fourth-order valence-corrected chi connectivity index (χ4v) is 1.85. The van der Waals surface area contributed by atoms with Crippen LogP contribution in [0, 0.1) is 0 Å². The second-order valence-corrected chi connectivity index (χ2v) is 3.64. The Balaban J connectivity index is 2.65. The number of hydrogen-bond acceptors (Lipinski definition) is 3. The second kappa shape index (κ2) is 4.83. The van der Waals surface area contributed by atoms with Crippen molar-refractivity contribution in [2.45, 2.75) is 0 Å². The number of aromatic nitrogens is 1. The van der Waals surface area contributed by atoms with Crippen LogP contribution in [-0.2, 0) is 4.79 Å². The average Bonchev–Trinajstić information content (AvgIpc) is 2.79. The summed E-state index contributed by atoms with van der Waals surface area (Å²) >= 11 is 0. The lowest BCUT2D eigenvalue weighted by molar-refractivity contribution is -0.131. The quantitative estimate of drug-likeness (QED) is 0.813. The highest BCUT2D eigenvalue weighted by Gasteiger charge is 2.12. The maximum atomic E-state index is 10.6. The lowest BCUT2D eigenvalue weighted by atomic mass is 10.1. The molecule has 0 aliphatic carbocycles. The number of aromatic amines is 1. The Morgan fingerprint density at radius 3 is 2.56 bits per heavy atom. The van der Waals surface area contributed by atoms with Crippen LogP contribution >= 0.6 is 0 Å². The number of nitrogens with one attached hydrogen (secondary N) is 1.